The van der Waals surface area contributed by atoms with Gasteiger partial charge in [-0.25, -0.2) is 10.6 Å². The lowest BCUT2D eigenvalue weighted by atomic mass is 10.1. The van der Waals surface area contributed by atoms with Crippen LogP contribution in [0.25, 0.3) is 0 Å². The number of aromatic carboxylic acids is 1. The van der Waals surface area contributed by atoms with Crippen LogP contribution in [-0.4, -0.2) is 17.3 Å². The molecule has 0 bridgehead atoms. The smallest absolute Gasteiger partial charge is 0.335 e. The molecule has 1 aromatic carbocycles. The van der Waals surface area contributed by atoms with Gasteiger partial charge in [0.15, 0.2) is 6.21 Å². The second-order valence-electron chi connectivity index (χ2n) is 2.24. The molecule has 0 saturated heterocycles. The molecule has 0 unspecified atom stereocenters. The Morgan fingerprint density at radius 1 is 1.42 bits per heavy atom. The molecule has 0 aliphatic heterocycles. The molecule has 62 valence electrons. The molecule has 0 fully saturated rings. The molecule has 1 aromatic rings. The molecule has 12 heavy (non-hydrogen) atoms. The van der Waals surface area contributed by atoms with Crippen molar-refractivity contribution in [2.75, 3.05) is 0 Å². The predicted octanol–water partition coefficient (Wildman–Crippen LogP) is -1.24. The molecule has 0 radical (unpaired) electrons. The first-order valence-electron chi connectivity index (χ1n) is 3.37. The Morgan fingerprint density at radius 2 is 2.00 bits per heavy atom. The van der Waals surface area contributed by atoms with E-state index in [1.54, 1.807) is 18.3 Å². The zero-order valence-corrected chi connectivity index (χ0v) is 6.32. The number of rotatable bonds is 2. The topological polar surface area (TPSA) is 77.3 Å². The van der Waals surface area contributed by atoms with Crippen LogP contribution in [0.5, 0.6) is 0 Å². The Bertz CT molecular complexity index is 303. The number of nitrogens with one attached hydrogen (secondary N) is 1. The third kappa shape index (κ3) is 1.82. The summed E-state index contributed by atoms with van der Waals surface area (Å²) in [4.78, 5) is 10.4. The molecular formula is C8H9N2O2+. The van der Waals surface area contributed by atoms with Crippen molar-refractivity contribution in [2.24, 2.45) is 5.84 Å². The Kier molecular flexibility index (Phi) is 2.42. The van der Waals surface area contributed by atoms with Crippen molar-refractivity contribution in [2.45, 2.75) is 0 Å². The summed E-state index contributed by atoms with van der Waals surface area (Å²) < 4.78 is 0. The van der Waals surface area contributed by atoms with Crippen molar-refractivity contribution >= 4 is 12.2 Å². The molecule has 0 aliphatic carbocycles. The Labute approximate surface area is 69.3 Å². The second kappa shape index (κ2) is 3.52. The van der Waals surface area contributed by atoms with Gasteiger partial charge in [-0.05, 0) is 24.3 Å². The lowest BCUT2D eigenvalue weighted by Gasteiger charge is -1.92. The summed E-state index contributed by atoms with van der Waals surface area (Å²) in [7, 11) is 0. The number of carboxylic acids is 1. The van der Waals surface area contributed by atoms with Crippen molar-refractivity contribution in [1.82, 2.24) is 0 Å². The number of carboxylic acid groups (broad SMARTS) is 1. The van der Waals surface area contributed by atoms with Crippen LogP contribution in [0.15, 0.2) is 24.3 Å². The Balaban J connectivity index is 2.93. The SMILES string of the molecule is N/[NH+]=C/c1ccc(C(=O)O)cc1. The summed E-state index contributed by atoms with van der Waals surface area (Å²) in [5.74, 6) is 4.11. The zero-order valence-electron chi connectivity index (χ0n) is 6.32. The van der Waals surface area contributed by atoms with E-state index in [2.05, 4.69) is 5.10 Å². The van der Waals surface area contributed by atoms with Crippen LogP contribution in [0.2, 0.25) is 0 Å². The molecular weight excluding hydrogens is 156 g/mol. The Morgan fingerprint density at radius 3 is 2.42 bits per heavy atom. The number of benzene rings is 1. The van der Waals surface area contributed by atoms with E-state index in [1.807, 2.05) is 0 Å². The maximum atomic E-state index is 10.4. The first-order valence-corrected chi connectivity index (χ1v) is 3.37. The minimum Gasteiger partial charge on any atom is -0.478 e. The average Bonchev–Trinajstić information content (AvgIpc) is 2.06. The van der Waals surface area contributed by atoms with E-state index in [4.69, 9.17) is 10.9 Å². The highest BCUT2D eigenvalue weighted by molar-refractivity contribution is 5.88. The van der Waals surface area contributed by atoms with Crippen LogP contribution in [0.1, 0.15) is 15.9 Å². The fourth-order valence-corrected chi connectivity index (χ4v) is 0.818. The van der Waals surface area contributed by atoms with Crippen LogP contribution < -0.4 is 10.9 Å². The molecule has 0 aromatic heterocycles. The molecule has 1 rings (SSSR count). The largest absolute Gasteiger partial charge is 0.478 e. The van der Waals surface area contributed by atoms with Gasteiger partial charge in [-0.3, -0.25) is 0 Å². The van der Waals surface area contributed by atoms with Crippen LogP contribution in [0.4, 0.5) is 0 Å². The monoisotopic (exact) mass is 165 g/mol. The van der Waals surface area contributed by atoms with Crippen molar-refractivity contribution in [1.29, 1.82) is 0 Å². The van der Waals surface area contributed by atoms with Crippen LogP contribution >= 0.6 is 0 Å². The minimum atomic E-state index is -0.928. The number of nitrogens with two attached hydrogens (primary N) is 1. The van der Waals surface area contributed by atoms with Gasteiger partial charge in [0.1, 0.15) is 0 Å². The van der Waals surface area contributed by atoms with Gasteiger partial charge < -0.3 is 5.11 Å². The molecule has 0 spiro atoms. The number of hydrogen-bond donors (Lipinski definition) is 3. The van der Waals surface area contributed by atoms with E-state index >= 15 is 0 Å². The maximum absolute atomic E-state index is 10.4. The van der Waals surface area contributed by atoms with Crippen LogP contribution in [0.3, 0.4) is 0 Å². The summed E-state index contributed by atoms with van der Waals surface area (Å²) in [6.45, 7) is 0. The lowest BCUT2D eigenvalue weighted by Crippen LogP contribution is -2.76. The van der Waals surface area contributed by atoms with Gasteiger partial charge in [-0.1, -0.05) is 0 Å². The summed E-state index contributed by atoms with van der Waals surface area (Å²) in [5, 5.41) is 10.9. The highest BCUT2D eigenvalue weighted by Crippen LogP contribution is 2.00. The first-order chi connectivity index (χ1) is 5.74. The van der Waals surface area contributed by atoms with Crippen LogP contribution in [0, 0.1) is 0 Å². The summed E-state index contributed by atoms with van der Waals surface area (Å²) >= 11 is 0. The van der Waals surface area contributed by atoms with Crippen molar-refractivity contribution < 1.29 is 15.0 Å². The highest BCUT2D eigenvalue weighted by Gasteiger charge is 2.00. The van der Waals surface area contributed by atoms with E-state index in [1.165, 1.54) is 12.1 Å². The summed E-state index contributed by atoms with van der Waals surface area (Å²) in [6, 6.07) is 6.38. The summed E-state index contributed by atoms with van der Waals surface area (Å²) in [6.07, 6.45) is 1.58. The molecule has 0 heterocycles. The Hall–Kier alpha value is -1.84. The van der Waals surface area contributed by atoms with Gasteiger partial charge in [-0.15, -0.1) is 5.10 Å². The van der Waals surface area contributed by atoms with Gasteiger partial charge in [0.25, 0.3) is 0 Å². The lowest BCUT2D eigenvalue weighted by molar-refractivity contribution is -0.463. The van der Waals surface area contributed by atoms with E-state index in [9.17, 15) is 4.79 Å². The van der Waals surface area contributed by atoms with Crippen molar-refractivity contribution in [3.05, 3.63) is 35.4 Å². The highest BCUT2D eigenvalue weighted by atomic mass is 16.4. The van der Waals surface area contributed by atoms with Gasteiger partial charge in [-0.2, -0.15) is 0 Å². The first kappa shape index (κ1) is 8.26. The molecule has 0 atom stereocenters. The van der Waals surface area contributed by atoms with Gasteiger partial charge in [0, 0.05) is 5.56 Å². The van der Waals surface area contributed by atoms with Crippen molar-refractivity contribution in [3.63, 3.8) is 0 Å². The average molecular weight is 165 g/mol. The minimum absolute atomic E-state index is 0.268. The fraction of sp³-hybridized carbons (Fsp3) is 0. The number of hydrazone groups is 1. The van der Waals surface area contributed by atoms with E-state index < -0.39 is 5.97 Å². The van der Waals surface area contributed by atoms with E-state index in [0.717, 1.165) is 5.56 Å². The van der Waals surface area contributed by atoms with E-state index in [0.29, 0.717) is 0 Å². The fourth-order valence-electron chi connectivity index (χ4n) is 0.818. The van der Waals surface area contributed by atoms with Gasteiger partial charge in [0.2, 0.25) is 0 Å². The normalized spacial score (nSPS) is 10.3. The quantitative estimate of drug-likeness (QED) is 0.291. The molecule has 4 nitrogen and oxygen atoms in total. The zero-order chi connectivity index (χ0) is 8.97. The third-order valence-corrected chi connectivity index (χ3v) is 1.41. The van der Waals surface area contributed by atoms with Crippen LogP contribution in [-0.2, 0) is 0 Å². The number of hydrogen-bond acceptors (Lipinski definition) is 2. The number of hydrazine groups is 1. The maximum Gasteiger partial charge on any atom is 0.335 e. The van der Waals surface area contributed by atoms with Gasteiger partial charge >= 0.3 is 5.97 Å². The van der Waals surface area contributed by atoms with Crippen molar-refractivity contribution in [3.8, 4) is 0 Å². The summed E-state index contributed by atoms with van der Waals surface area (Å²) in [5.41, 5.74) is 1.10. The molecule has 0 aliphatic rings. The molecule has 0 saturated carbocycles. The third-order valence-electron chi connectivity index (χ3n) is 1.41. The standard InChI is InChI=1S/C8H8N2O2/c9-10-5-6-1-3-7(4-2-6)8(11)12/h1-5H,9H2,(H,11,12)/p+1/b10-5+. The molecule has 4 heteroatoms. The van der Waals surface area contributed by atoms with Gasteiger partial charge in [0.05, 0.1) is 5.56 Å². The number of carbonyl (C=O) groups is 1. The molecule has 4 N–H and O–H groups in total. The van der Waals surface area contributed by atoms with E-state index in [-0.39, 0.29) is 5.56 Å². The predicted molar refractivity (Wildman–Crippen MR) is 43.7 cm³/mol. The molecule has 0 amide bonds. The second-order valence-corrected chi connectivity index (χ2v) is 2.24.